The van der Waals surface area contributed by atoms with Gasteiger partial charge in [-0.25, -0.2) is 0 Å². The van der Waals surface area contributed by atoms with Gasteiger partial charge < -0.3 is 10.2 Å². The van der Waals surface area contributed by atoms with Gasteiger partial charge in [-0.3, -0.25) is 4.90 Å². The van der Waals surface area contributed by atoms with E-state index in [1.807, 2.05) is 6.07 Å². The van der Waals surface area contributed by atoms with E-state index < -0.39 is 0 Å². The Bertz CT molecular complexity index is 403. The minimum Gasteiger partial charge on any atom is -0.468 e. The maximum absolute atomic E-state index is 6.25. The molecule has 0 radical (unpaired) electrons. The van der Waals surface area contributed by atoms with Crippen LogP contribution in [0.5, 0.6) is 0 Å². The van der Waals surface area contributed by atoms with Crippen LogP contribution in [0.15, 0.2) is 22.8 Å². The molecule has 112 valence electrons. The molecule has 1 aromatic rings. The van der Waals surface area contributed by atoms with Crippen molar-refractivity contribution in [3.05, 3.63) is 24.2 Å². The molecule has 1 aromatic heterocycles. The summed E-state index contributed by atoms with van der Waals surface area (Å²) in [5.41, 5.74) is 6.47. The Kier molecular flexibility index (Phi) is 4.18. The zero-order chi connectivity index (χ0) is 14.0. The lowest BCUT2D eigenvalue weighted by Crippen LogP contribution is -2.56. The number of rotatable bonds is 6. The Morgan fingerprint density at radius 3 is 2.55 bits per heavy atom. The van der Waals surface area contributed by atoms with Gasteiger partial charge in [0.05, 0.1) is 12.8 Å². The predicted octanol–water partition coefficient (Wildman–Crippen LogP) is 3.54. The van der Waals surface area contributed by atoms with Crippen molar-refractivity contribution in [3.63, 3.8) is 0 Å². The summed E-state index contributed by atoms with van der Waals surface area (Å²) in [6, 6.07) is 4.82. The minimum absolute atomic E-state index is 0.222. The second kappa shape index (κ2) is 5.90. The van der Waals surface area contributed by atoms with Crippen LogP contribution in [0.2, 0.25) is 0 Å². The molecule has 0 saturated heterocycles. The topological polar surface area (TPSA) is 42.4 Å². The molecule has 0 unspecified atom stereocenters. The summed E-state index contributed by atoms with van der Waals surface area (Å²) >= 11 is 0. The van der Waals surface area contributed by atoms with E-state index >= 15 is 0 Å². The molecule has 0 bridgehead atoms. The van der Waals surface area contributed by atoms with Gasteiger partial charge in [-0.15, -0.1) is 0 Å². The fourth-order valence-electron chi connectivity index (χ4n) is 3.87. The molecule has 2 N–H and O–H groups in total. The molecule has 2 aliphatic rings. The quantitative estimate of drug-likeness (QED) is 0.864. The molecule has 0 spiro atoms. The van der Waals surface area contributed by atoms with E-state index in [9.17, 15) is 0 Å². The number of hydrogen-bond acceptors (Lipinski definition) is 3. The van der Waals surface area contributed by atoms with Crippen LogP contribution in [-0.4, -0.2) is 23.0 Å². The molecule has 2 saturated carbocycles. The lowest BCUT2D eigenvalue weighted by molar-refractivity contribution is 0.0227. The van der Waals surface area contributed by atoms with Crippen LogP contribution in [0.3, 0.4) is 0 Å². The molecule has 0 aliphatic heterocycles. The summed E-state index contributed by atoms with van der Waals surface area (Å²) in [5.74, 6) is 2.00. The third-order valence-electron chi connectivity index (χ3n) is 5.50. The van der Waals surface area contributed by atoms with Crippen LogP contribution < -0.4 is 5.73 Å². The Morgan fingerprint density at radius 1 is 1.30 bits per heavy atom. The number of furan rings is 1. The number of nitrogens with two attached hydrogens (primary N) is 1. The van der Waals surface area contributed by atoms with Crippen LogP contribution >= 0.6 is 0 Å². The Morgan fingerprint density at radius 2 is 2.05 bits per heavy atom. The highest BCUT2D eigenvalue weighted by Gasteiger charge is 2.45. The van der Waals surface area contributed by atoms with Crippen molar-refractivity contribution in [3.8, 4) is 0 Å². The van der Waals surface area contributed by atoms with Crippen molar-refractivity contribution < 1.29 is 4.42 Å². The van der Waals surface area contributed by atoms with Gasteiger partial charge in [-0.1, -0.05) is 13.3 Å². The monoisotopic (exact) mass is 276 g/mol. The van der Waals surface area contributed by atoms with Crippen LogP contribution in [0.4, 0.5) is 0 Å². The average molecular weight is 276 g/mol. The first-order valence-electron chi connectivity index (χ1n) is 8.26. The fraction of sp³-hybridized carbons (Fsp3) is 0.765. The molecule has 2 aliphatic carbocycles. The van der Waals surface area contributed by atoms with Gasteiger partial charge >= 0.3 is 0 Å². The third kappa shape index (κ3) is 2.79. The Balaban J connectivity index is 1.74. The first kappa shape index (κ1) is 14.2. The van der Waals surface area contributed by atoms with Gasteiger partial charge in [0, 0.05) is 18.1 Å². The zero-order valence-corrected chi connectivity index (χ0v) is 12.7. The van der Waals surface area contributed by atoms with Crippen molar-refractivity contribution in [1.82, 2.24) is 4.90 Å². The van der Waals surface area contributed by atoms with Crippen LogP contribution in [0, 0.1) is 5.92 Å². The second-order valence-corrected chi connectivity index (χ2v) is 6.72. The molecule has 1 heterocycles. The molecule has 0 aromatic carbocycles. The van der Waals surface area contributed by atoms with Crippen LogP contribution in [0.1, 0.15) is 57.6 Å². The molecule has 20 heavy (non-hydrogen) atoms. The van der Waals surface area contributed by atoms with E-state index in [2.05, 4.69) is 17.9 Å². The van der Waals surface area contributed by atoms with E-state index in [-0.39, 0.29) is 5.54 Å². The van der Waals surface area contributed by atoms with E-state index in [0.717, 1.165) is 30.8 Å². The summed E-state index contributed by atoms with van der Waals surface area (Å²) < 4.78 is 5.58. The summed E-state index contributed by atoms with van der Waals surface area (Å²) in [6.07, 6.45) is 11.0. The van der Waals surface area contributed by atoms with Gasteiger partial charge in [-0.2, -0.15) is 0 Å². The second-order valence-electron chi connectivity index (χ2n) is 6.72. The summed E-state index contributed by atoms with van der Waals surface area (Å²) in [4.78, 5) is 2.68. The molecule has 3 heteroatoms. The van der Waals surface area contributed by atoms with Gasteiger partial charge in [-0.05, 0) is 56.6 Å². The first-order valence-corrected chi connectivity index (χ1v) is 8.26. The van der Waals surface area contributed by atoms with Crippen molar-refractivity contribution in [2.24, 2.45) is 11.7 Å². The van der Waals surface area contributed by atoms with E-state index in [1.54, 1.807) is 6.26 Å². The van der Waals surface area contributed by atoms with Crippen molar-refractivity contribution >= 4 is 0 Å². The molecule has 0 amide bonds. The molecule has 2 fully saturated rings. The van der Waals surface area contributed by atoms with Crippen LogP contribution in [0.25, 0.3) is 0 Å². The van der Waals surface area contributed by atoms with E-state index in [4.69, 9.17) is 10.2 Å². The Hall–Kier alpha value is -0.800. The normalized spacial score (nSPS) is 30.9. The first-order chi connectivity index (χ1) is 9.77. The van der Waals surface area contributed by atoms with Crippen molar-refractivity contribution in [2.75, 3.05) is 6.54 Å². The van der Waals surface area contributed by atoms with Crippen molar-refractivity contribution in [1.29, 1.82) is 0 Å². The lowest BCUT2D eigenvalue weighted by atomic mass is 9.74. The third-order valence-corrected chi connectivity index (χ3v) is 5.50. The highest BCUT2D eigenvalue weighted by Crippen LogP contribution is 2.43. The molecule has 3 rings (SSSR count). The SMILES string of the molecule is CCC1CCC(CN)(N(Cc2ccco2)C2CC2)CC1. The van der Waals surface area contributed by atoms with Gasteiger partial charge in [0.2, 0.25) is 0 Å². The van der Waals surface area contributed by atoms with Crippen LogP contribution in [-0.2, 0) is 6.54 Å². The molecule has 3 nitrogen and oxygen atoms in total. The summed E-state index contributed by atoms with van der Waals surface area (Å²) in [6.45, 7) is 4.05. The van der Waals surface area contributed by atoms with Gasteiger partial charge in [0.25, 0.3) is 0 Å². The minimum atomic E-state index is 0.222. The highest BCUT2D eigenvalue weighted by atomic mass is 16.3. The maximum atomic E-state index is 6.25. The predicted molar refractivity (Wildman–Crippen MR) is 81.3 cm³/mol. The zero-order valence-electron chi connectivity index (χ0n) is 12.7. The number of hydrogen-bond donors (Lipinski definition) is 1. The average Bonchev–Trinajstić information content (AvgIpc) is 3.21. The summed E-state index contributed by atoms with van der Waals surface area (Å²) in [5, 5.41) is 0. The molecule has 0 atom stereocenters. The van der Waals surface area contributed by atoms with E-state index in [1.165, 1.54) is 44.9 Å². The van der Waals surface area contributed by atoms with Gasteiger partial charge in [0.15, 0.2) is 0 Å². The smallest absolute Gasteiger partial charge is 0.117 e. The van der Waals surface area contributed by atoms with Gasteiger partial charge in [0.1, 0.15) is 5.76 Å². The molecular formula is C17H28N2O. The summed E-state index contributed by atoms with van der Waals surface area (Å²) in [7, 11) is 0. The maximum Gasteiger partial charge on any atom is 0.117 e. The largest absolute Gasteiger partial charge is 0.468 e. The standard InChI is InChI=1S/C17H28N2O/c1-2-14-7-9-17(13-18,10-8-14)19(15-5-6-15)12-16-4-3-11-20-16/h3-4,11,14-15H,2,5-10,12-13,18H2,1H3. The highest BCUT2D eigenvalue weighted by molar-refractivity contribution is 5.06. The number of nitrogens with zero attached hydrogens (tertiary/aromatic N) is 1. The fourth-order valence-corrected chi connectivity index (χ4v) is 3.87. The lowest BCUT2D eigenvalue weighted by Gasteiger charge is -2.47. The Labute approximate surface area is 122 Å². The van der Waals surface area contributed by atoms with Crippen molar-refractivity contribution in [2.45, 2.75) is 70.0 Å². The molecular weight excluding hydrogens is 248 g/mol. The van der Waals surface area contributed by atoms with E-state index in [0.29, 0.717) is 0 Å².